The molecule has 7 heteroatoms. The van der Waals surface area contributed by atoms with Crippen molar-refractivity contribution in [3.05, 3.63) is 47.6 Å². The van der Waals surface area contributed by atoms with Crippen molar-refractivity contribution in [2.24, 2.45) is 0 Å². The van der Waals surface area contributed by atoms with Crippen molar-refractivity contribution in [3.8, 4) is 11.3 Å². The minimum Gasteiger partial charge on any atom is -0.361 e. The second kappa shape index (κ2) is 6.87. The standard InChI is InChI=1S/C16H18FN5S/c1-11(2)22-10-19-21-15(22)7-8-18-16-20-14(9-23-16)12-3-5-13(17)6-4-12/h3-6,9-11H,7-8H2,1-2H3,(H,18,20). The van der Waals surface area contributed by atoms with E-state index in [1.54, 1.807) is 18.5 Å². The topological polar surface area (TPSA) is 55.6 Å². The number of halogens is 1. The van der Waals surface area contributed by atoms with E-state index in [1.165, 1.54) is 23.5 Å². The van der Waals surface area contributed by atoms with E-state index in [9.17, 15) is 4.39 Å². The molecule has 0 unspecified atom stereocenters. The summed E-state index contributed by atoms with van der Waals surface area (Å²) in [5.41, 5.74) is 1.76. The molecular formula is C16H18FN5S. The molecular weight excluding hydrogens is 313 g/mol. The van der Waals surface area contributed by atoms with E-state index in [2.05, 4.69) is 38.9 Å². The van der Waals surface area contributed by atoms with Gasteiger partial charge in [0.2, 0.25) is 0 Å². The molecule has 120 valence electrons. The quantitative estimate of drug-likeness (QED) is 0.747. The summed E-state index contributed by atoms with van der Waals surface area (Å²) in [5, 5.41) is 14.2. The summed E-state index contributed by atoms with van der Waals surface area (Å²) in [6.45, 7) is 4.95. The van der Waals surface area contributed by atoms with Crippen LogP contribution in [0, 0.1) is 5.82 Å². The molecule has 3 aromatic rings. The fourth-order valence-corrected chi connectivity index (χ4v) is 3.01. The van der Waals surface area contributed by atoms with Crippen molar-refractivity contribution in [3.63, 3.8) is 0 Å². The Hall–Kier alpha value is -2.28. The molecule has 0 aliphatic rings. The van der Waals surface area contributed by atoms with Crippen molar-refractivity contribution < 1.29 is 4.39 Å². The molecule has 0 radical (unpaired) electrons. The van der Waals surface area contributed by atoms with Crippen LogP contribution in [0.3, 0.4) is 0 Å². The maximum Gasteiger partial charge on any atom is 0.183 e. The van der Waals surface area contributed by atoms with Gasteiger partial charge in [0.05, 0.1) is 5.69 Å². The first-order valence-corrected chi connectivity index (χ1v) is 8.35. The van der Waals surface area contributed by atoms with Crippen LogP contribution >= 0.6 is 11.3 Å². The highest BCUT2D eigenvalue weighted by Crippen LogP contribution is 2.24. The molecule has 0 saturated carbocycles. The number of rotatable bonds is 6. The van der Waals surface area contributed by atoms with Gasteiger partial charge in [-0.15, -0.1) is 21.5 Å². The minimum atomic E-state index is -0.239. The summed E-state index contributed by atoms with van der Waals surface area (Å²) < 4.78 is 15.0. The third-order valence-electron chi connectivity index (χ3n) is 3.47. The zero-order valence-electron chi connectivity index (χ0n) is 13.0. The first-order valence-electron chi connectivity index (χ1n) is 7.47. The van der Waals surface area contributed by atoms with Crippen LogP contribution < -0.4 is 5.32 Å². The van der Waals surface area contributed by atoms with Gasteiger partial charge in [-0.1, -0.05) is 0 Å². The second-order valence-electron chi connectivity index (χ2n) is 5.47. The average Bonchev–Trinajstić information content (AvgIpc) is 3.17. The van der Waals surface area contributed by atoms with Crippen LogP contribution in [0.4, 0.5) is 9.52 Å². The van der Waals surface area contributed by atoms with E-state index in [0.29, 0.717) is 6.04 Å². The Labute approximate surface area is 138 Å². The molecule has 0 aliphatic carbocycles. The molecule has 0 spiro atoms. The van der Waals surface area contributed by atoms with Gasteiger partial charge in [-0.25, -0.2) is 9.37 Å². The van der Waals surface area contributed by atoms with E-state index in [-0.39, 0.29) is 5.82 Å². The summed E-state index contributed by atoms with van der Waals surface area (Å²) >= 11 is 1.54. The van der Waals surface area contributed by atoms with Gasteiger partial charge in [0.1, 0.15) is 18.0 Å². The molecule has 23 heavy (non-hydrogen) atoms. The van der Waals surface area contributed by atoms with Gasteiger partial charge in [0.15, 0.2) is 5.13 Å². The zero-order chi connectivity index (χ0) is 16.2. The van der Waals surface area contributed by atoms with Crippen molar-refractivity contribution in [2.75, 3.05) is 11.9 Å². The van der Waals surface area contributed by atoms with Gasteiger partial charge < -0.3 is 9.88 Å². The Bertz CT molecular complexity index is 763. The largest absolute Gasteiger partial charge is 0.361 e. The maximum atomic E-state index is 13.0. The average molecular weight is 331 g/mol. The summed E-state index contributed by atoms with van der Waals surface area (Å²) in [6, 6.07) is 6.71. The van der Waals surface area contributed by atoms with Crippen molar-refractivity contribution in [1.29, 1.82) is 0 Å². The van der Waals surface area contributed by atoms with E-state index >= 15 is 0 Å². The lowest BCUT2D eigenvalue weighted by atomic mass is 10.2. The lowest BCUT2D eigenvalue weighted by molar-refractivity contribution is 0.568. The third kappa shape index (κ3) is 3.73. The predicted octanol–water partition coefficient (Wildman–Crippen LogP) is 3.78. The lowest BCUT2D eigenvalue weighted by Crippen LogP contribution is -2.11. The van der Waals surface area contributed by atoms with Crippen molar-refractivity contribution in [2.45, 2.75) is 26.3 Å². The monoisotopic (exact) mass is 331 g/mol. The molecule has 2 aromatic heterocycles. The van der Waals surface area contributed by atoms with Crippen LogP contribution in [-0.4, -0.2) is 26.3 Å². The maximum absolute atomic E-state index is 13.0. The minimum absolute atomic E-state index is 0.239. The molecule has 0 amide bonds. The first-order chi connectivity index (χ1) is 11.1. The SMILES string of the molecule is CC(C)n1cnnc1CCNc1nc(-c2ccc(F)cc2)cs1. The molecule has 5 nitrogen and oxygen atoms in total. The molecule has 0 fully saturated rings. The number of hydrogen-bond donors (Lipinski definition) is 1. The number of benzene rings is 1. The highest BCUT2D eigenvalue weighted by Gasteiger charge is 2.08. The lowest BCUT2D eigenvalue weighted by Gasteiger charge is -2.09. The van der Waals surface area contributed by atoms with Crippen LogP contribution in [-0.2, 0) is 6.42 Å². The fraction of sp³-hybridized carbons (Fsp3) is 0.312. The van der Waals surface area contributed by atoms with E-state index in [4.69, 9.17) is 0 Å². The molecule has 1 N–H and O–H groups in total. The number of thiazole rings is 1. The van der Waals surface area contributed by atoms with Crippen LogP contribution in [0.2, 0.25) is 0 Å². The Kier molecular flexibility index (Phi) is 4.66. The third-order valence-corrected chi connectivity index (χ3v) is 4.27. The van der Waals surface area contributed by atoms with Crippen molar-refractivity contribution >= 4 is 16.5 Å². The van der Waals surface area contributed by atoms with Crippen LogP contribution in [0.25, 0.3) is 11.3 Å². The smallest absolute Gasteiger partial charge is 0.183 e. The number of aromatic nitrogens is 4. The van der Waals surface area contributed by atoms with Gasteiger partial charge in [0, 0.05) is 30.0 Å². The van der Waals surface area contributed by atoms with E-state index < -0.39 is 0 Å². The Balaban J connectivity index is 1.59. The summed E-state index contributed by atoms with van der Waals surface area (Å²) in [5.74, 6) is 0.722. The van der Waals surface area contributed by atoms with Gasteiger partial charge in [0.25, 0.3) is 0 Å². The molecule has 3 rings (SSSR count). The van der Waals surface area contributed by atoms with Gasteiger partial charge in [-0.2, -0.15) is 0 Å². The summed E-state index contributed by atoms with van der Waals surface area (Å²) in [6.07, 6.45) is 2.54. The van der Waals surface area contributed by atoms with Crippen LogP contribution in [0.1, 0.15) is 25.7 Å². The number of nitrogens with one attached hydrogen (secondary N) is 1. The Morgan fingerprint density at radius 2 is 2.04 bits per heavy atom. The zero-order valence-corrected chi connectivity index (χ0v) is 13.8. The van der Waals surface area contributed by atoms with E-state index in [0.717, 1.165) is 35.2 Å². The highest BCUT2D eigenvalue weighted by atomic mass is 32.1. The number of anilines is 1. The Morgan fingerprint density at radius 1 is 1.26 bits per heavy atom. The molecule has 1 aromatic carbocycles. The predicted molar refractivity (Wildman–Crippen MR) is 90.1 cm³/mol. The normalized spacial score (nSPS) is 11.1. The summed E-state index contributed by atoms with van der Waals surface area (Å²) in [7, 11) is 0. The number of nitrogens with zero attached hydrogens (tertiary/aromatic N) is 4. The summed E-state index contributed by atoms with van der Waals surface area (Å²) in [4.78, 5) is 4.53. The van der Waals surface area contributed by atoms with Gasteiger partial charge in [-0.05, 0) is 38.1 Å². The molecule has 0 saturated heterocycles. The van der Waals surface area contributed by atoms with E-state index in [1.807, 2.05) is 5.38 Å². The Morgan fingerprint density at radius 3 is 2.78 bits per heavy atom. The molecule has 0 aliphatic heterocycles. The van der Waals surface area contributed by atoms with Gasteiger partial charge in [-0.3, -0.25) is 0 Å². The molecule has 0 bridgehead atoms. The first kappa shape index (κ1) is 15.6. The van der Waals surface area contributed by atoms with Gasteiger partial charge >= 0.3 is 0 Å². The van der Waals surface area contributed by atoms with Crippen LogP contribution in [0.15, 0.2) is 36.0 Å². The number of hydrogen-bond acceptors (Lipinski definition) is 5. The fourth-order valence-electron chi connectivity index (χ4n) is 2.27. The second-order valence-corrected chi connectivity index (χ2v) is 6.33. The van der Waals surface area contributed by atoms with Crippen molar-refractivity contribution in [1.82, 2.24) is 19.7 Å². The van der Waals surface area contributed by atoms with Crippen LogP contribution in [0.5, 0.6) is 0 Å². The highest BCUT2D eigenvalue weighted by molar-refractivity contribution is 7.14. The molecule has 2 heterocycles. The molecule has 0 atom stereocenters.